The standard InChI is InChI=1S/C10H8N2O3S/c1-7-6-16-9(11-7)4-2-8-3-5-10(15-8)12(13)14/h2-6H,1H3/b4-2-. The maximum atomic E-state index is 10.4. The molecule has 0 radical (unpaired) electrons. The molecule has 0 bridgehead atoms. The Bertz CT molecular complexity index is 542. The highest BCUT2D eigenvalue weighted by molar-refractivity contribution is 7.10. The van der Waals surface area contributed by atoms with Gasteiger partial charge in [0.2, 0.25) is 0 Å². The SMILES string of the molecule is Cc1csc(/C=C\c2ccc([N+](=O)[O-])o2)n1. The second-order valence-corrected chi connectivity index (χ2v) is 3.98. The fourth-order valence-corrected chi connectivity index (χ4v) is 1.82. The number of hydrogen-bond donors (Lipinski definition) is 0. The highest BCUT2D eigenvalue weighted by atomic mass is 32.1. The molecule has 0 aliphatic heterocycles. The van der Waals surface area contributed by atoms with Gasteiger partial charge in [0.15, 0.2) is 0 Å². The Hall–Kier alpha value is -1.95. The van der Waals surface area contributed by atoms with Gasteiger partial charge in [0.25, 0.3) is 0 Å². The van der Waals surface area contributed by atoms with E-state index < -0.39 is 4.92 Å². The Morgan fingerprint density at radius 1 is 1.50 bits per heavy atom. The minimum Gasteiger partial charge on any atom is -0.401 e. The Labute approximate surface area is 95.2 Å². The average molecular weight is 236 g/mol. The van der Waals surface area contributed by atoms with Crippen molar-refractivity contribution in [3.05, 3.63) is 44.1 Å². The van der Waals surface area contributed by atoms with Crippen LogP contribution < -0.4 is 0 Å². The van der Waals surface area contributed by atoms with E-state index in [-0.39, 0.29) is 5.88 Å². The molecule has 2 aromatic heterocycles. The van der Waals surface area contributed by atoms with Crippen LogP contribution in [0.3, 0.4) is 0 Å². The third-order valence-corrected chi connectivity index (χ3v) is 2.75. The van der Waals surface area contributed by atoms with Crippen LogP contribution in [0.2, 0.25) is 0 Å². The molecule has 2 rings (SSSR count). The van der Waals surface area contributed by atoms with Crippen LogP contribution in [-0.2, 0) is 0 Å². The molecule has 5 nitrogen and oxygen atoms in total. The summed E-state index contributed by atoms with van der Waals surface area (Å²) in [5, 5.41) is 13.1. The van der Waals surface area contributed by atoms with Crippen molar-refractivity contribution in [2.45, 2.75) is 6.92 Å². The number of furan rings is 1. The lowest BCUT2D eigenvalue weighted by molar-refractivity contribution is -0.402. The van der Waals surface area contributed by atoms with Crippen LogP contribution in [0, 0.1) is 17.0 Å². The van der Waals surface area contributed by atoms with Crippen LogP contribution >= 0.6 is 11.3 Å². The van der Waals surface area contributed by atoms with Gasteiger partial charge in [-0.1, -0.05) is 0 Å². The minimum atomic E-state index is -0.565. The summed E-state index contributed by atoms with van der Waals surface area (Å²) in [5.74, 6) is 0.189. The van der Waals surface area contributed by atoms with Gasteiger partial charge in [-0.15, -0.1) is 11.3 Å². The first-order valence-electron chi connectivity index (χ1n) is 4.49. The number of rotatable bonds is 3. The number of nitrogens with zero attached hydrogens (tertiary/aromatic N) is 2. The van der Waals surface area contributed by atoms with Gasteiger partial charge in [0.1, 0.15) is 15.7 Å². The second-order valence-electron chi connectivity index (χ2n) is 3.09. The summed E-state index contributed by atoms with van der Waals surface area (Å²) in [6.45, 7) is 1.91. The molecule has 0 aliphatic rings. The Morgan fingerprint density at radius 3 is 2.88 bits per heavy atom. The number of aromatic nitrogens is 1. The summed E-state index contributed by atoms with van der Waals surface area (Å²) in [7, 11) is 0. The molecule has 0 spiro atoms. The third kappa shape index (κ3) is 2.34. The molecular formula is C10H8N2O3S. The van der Waals surface area contributed by atoms with Crippen molar-refractivity contribution in [1.29, 1.82) is 0 Å². The molecule has 0 N–H and O–H groups in total. The van der Waals surface area contributed by atoms with E-state index in [1.165, 1.54) is 17.4 Å². The van der Waals surface area contributed by atoms with E-state index in [1.54, 1.807) is 18.2 Å². The number of aryl methyl sites for hydroxylation is 1. The molecule has 6 heteroatoms. The van der Waals surface area contributed by atoms with Crippen LogP contribution in [0.15, 0.2) is 21.9 Å². The lowest BCUT2D eigenvalue weighted by Gasteiger charge is -1.84. The molecule has 0 amide bonds. The van der Waals surface area contributed by atoms with E-state index in [0.717, 1.165) is 10.7 Å². The monoisotopic (exact) mass is 236 g/mol. The van der Waals surface area contributed by atoms with Crippen molar-refractivity contribution in [1.82, 2.24) is 4.98 Å². The normalized spacial score (nSPS) is 11.1. The average Bonchev–Trinajstić information content (AvgIpc) is 2.83. The van der Waals surface area contributed by atoms with Crippen LogP contribution in [0.4, 0.5) is 5.88 Å². The number of nitro groups is 1. The van der Waals surface area contributed by atoms with Gasteiger partial charge in [-0.05, 0) is 25.1 Å². The summed E-state index contributed by atoms with van der Waals surface area (Å²) in [4.78, 5) is 14.0. The highest BCUT2D eigenvalue weighted by Crippen LogP contribution is 2.18. The first-order valence-corrected chi connectivity index (χ1v) is 5.37. The van der Waals surface area contributed by atoms with Gasteiger partial charge in [-0.25, -0.2) is 4.98 Å². The molecule has 0 fully saturated rings. The third-order valence-electron chi connectivity index (χ3n) is 1.82. The molecule has 0 aliphatic carbocycles. The topological polar surface area (TPSA) is 69.2 Å². The quantitative estimate of drug-likeness (QED) is 0.606. The molecule has 0 saturated carbocycles. The lowest BCUT2D eigenvalue weighted by atomic mass is 10.4. The first-order chi connectivity index (χ1) is 7.65. The first kappa shape index (κ1) is 10.6. The van der Waals surface area contributed by atoms with E-state index in [1.807, 2.05) is 12.3 Å². The van der Waals surface area contributed by atoms with Crippen molar-refractivity contribution >= 4 is 29.4 Å². The summed E-state index contributed by atoms with van der Waals surface area (Å²) in [5.41, 5.74) is 0.954. The Balaban J connectivity index is 2.14. The van der Waals surface area contributed by atoms with Crippen LogP contribution in [0.25, 0.3) is 12.2 Å². The predicted molar refractivity (Wildman–Crippen MR) is 61.1 cm³/mol. The van der Waals surface area contributed by atoms with Crippen molar-refractivity contribution < 1.29 is 9.34 Å². The lowest BCUT2D eigenvalue weighted by Crippen LogP contribution is -1.82. The molecular weight excluding hydrogens is 228 g/mol. The van der Waals surface area contributed by atoms with Gasteiger partial charge < -0.3 is 4.42 Å². The fraction of sp³-hybridized carbons (Fsp3) is 0.100. The minimum absolute atomic E-state index is 0.255. The highest BCUT2D eigenvalue weighted by Gasteiger charge is 2.09. The van der Waals surface area contributed by atoms with Crippen LogP contribution in [-0.4, -0.2) is 9.91 Å². The van der Waals surface area contributed by atoms with E-state index in [4.69, 9.17) is 4.42 Å². The van der Waals surface area contributed by atoms with E-state index in [0.29, 0.717) is 5.76 Å². The van der Waals surface area contributed by atoms with Crippen LogP contribution in [0.5, 0.6) is 0 Å². The van der Waals surface area contributed by atoms with Gasteiger partial charge in [-0.2, -0.15) is 0 Å². The zero-order valence-electron chi connectivity index (χ0n) is 8.41. The molecule has 2 aromatic rings. The second kappa shape index (κ2) is 4.28. The van der Waals surface area contributed by atoms with Gasteiger partial charge in [0.05, 0.1) is 6.07 Å². The van der Waals surface area contributed by atoms with Crippen molar-refractivity contribution in [3.8, 4) is 0 Å². The van der Waals surface area contributed by atoms with Crippen LogP contribution in [0.1, 0.15) is 16.5 Å². The summed E-state index contributed by atoms with van der Waals surface area (Å²) >= 11 is 1.51. The molecule has 16 heavy (non-hydrogen) atoms. The Kier molecular flexibility index (Phi) is 2.82. The predicted octanol–water partition coefficient (Wildman–Crippen LogP) is 3.12. The summed E-state index contributed by atoms with van der Waals surface area (Å²) in [6.07, 6.45) is 3.42. The van der Waals surface area contributed by atoms with Crippen molar-refractivity contribution in [2.24, 2.45) is 0 Å². The van der Waals surface area contributed by atoms with E-state index >= 15 is 0 Å². The zero-order chi connectivity index (χ0) is 11.5. The molecule has 0 atom stereocenters. The van der Waals surface area contributed by atoms with Gasteiger partial charge in [0, 0.05) is 11.1 Å². The summed E-state index contributed by atoms with van der Waals surface area (Å²) in [6, 6.07) is 2.88. The molecule has 82 valence electrons. The van der Waals surface area contributed by atoms with Crippen molar-refractivity contribution in [2.75, 3.05) is 0 Å². The van der Waals surface area contributed by atoms with E-state index in [2.05, 4.69) is 4.98 Å². The maximum absolute atomic E-state index is 10.4. The molecule has 0 aromatic carbocycles. The maximum Gasteiger partial charge on any atom is 0.433 e. The largest absolute Gasteiger partial charge is 0.433 e. The molecule has 0 unspecified atom stereocenters. The molecule has 2 heterocycles. The number of thiazole rings is 1. The molecule has 0 saturated heterocycles. The zero-order valence-corrected chi connectivity index (χ0v) is 9.23. The number of hydrogen-bond acceptors (Lipinski definition) is 5. The Morgan fingerprint density at radius 2 is 2.31 bits per heavy atom. The van der Waals surface area contributed by atoms with Gasteiger partial charge >= 0.3 is 5.88 Å². The van der Waals surface area contributed by atoms with Crippen molar-refractivity contribution in [3.63, 3.8) is 0 Å². The smallest absolute Gasteiger partial charge is 0.401 e. The summed E-state index contributed by atoms with van der Waals surface area (Å²) < 4.78 is 4.96. The van der Waals surface area contributed by atoms with Gasteiger partial charge in [-0.3, -0.25) is 10.1 Å². The fourth-order valence-electron chi connectivity index (χ4n) is 1.13. The van der Waals surface area contributed by atoms with E-state index in [9.17, 15) is 10.1 Å².